The summed E-state index contributed by atoms with van der Waals surface area (Å²) in [7, 11) is 1.80. The second kappa shape index (κ2) is 4.17. The zero-order chi connectivity index (χ0) is 10.7. The van der Waals surface area contributed by atoms with Crippen molar-refractivity contribution in [3.05, 3.63) is 17.1 Å². The van der Waals surface area contributed by atoms with Crippen molar-refractivity contribution in [1.82, 2.24) is 9.97 Å². The molecule has 0 aromatic carbocycles. The van der Waals surface area contributed by atoms with Crippen molar-refractivity contribution < 1.29 is 0 Å². The molecule has 4 nitrogen and oxygen atoms in total. The standard InChI is InChI=1S/C10H16N4/c1-6(2)9-13-7(3)8(5-11)10(12-4)14-9/h5-6,11H,1-4H3,(H,12,13,14). The van der Waals surface area contributed by atoms with E-state index in [0.717, 1.165) is 22.9 Å². The minimum atomic E-state index is 0.306. The first-order chi connectivity index (χ1) is 6.60. The lowest BCUT2D eigenvalue weighted by atomic mass is 10.1. The molecule has 4 heteroatoms. The van der Waals surface area contributed by atoms with Crippen LogP contribution in [0.2, 0.25) is 0 Å². The molecule has 0 fully saturated rings. The van der Waals surface area contributed by atoms with Crippen molar-refractivity contribution in [3.8, 4) is 0 Å². The molecule has 14 heavy (non-hydrogen) atoms. The maximum absolute atomic E-state index is 7.26. The molecule has 1 rings (SSSR count). The molecule has 2 N–H and O–H groups in total. The molecule has 0 aliphatic rings. The fraction of sp³-hybridized carbons (Fsp3) is 0.500. The van der Waals surface area contributed by atoms with E-state index in [1.807, 2.05) is 6.92 Å². The van der Waals surface area contributed by atoms with Gasteiger partial charge in [-0.15, -0.1) is 0 Å². The van der Waals surface area contributed by atoms with Crippen molar-refractivity contribution in [2.24, 2.45) is 0 Å². The van der Waals surface area contributed by atoms with E-state index in [-0.39, 0.29) is 0 Å². The van der Waals surface area contributed by atoms with Gasteiger partial charge in [0.25, 0.3) is 0 Å². The molecule has 0 saturated carbocycles. The zero-order valence-electron chi connectivity index (χ0n) is 9.05. The van der Waals surface area contributed by atoms with E-state index < -0.39 is 0 Å². The molecule has 0 unspecified atom stereocenters. The van der Waals surface area contributed by atoms with Gasteiger partial charge in [-0.3, -0.25) is 0 Å². The molecular weight excluding hydrogens is 176 g/mol. The molecule has 0 spiro atoms. The number of anilines is 1. The first-order valence-electron chi connectivity index (χ1n) is 4.67. The van der Waals surface area contributed by atoms with E-state index in [9.17, 15) is 0 Å². The van der Waals surface area contributed by atoms with E-state index in [1.165, 1.54) is 6.21 Å². The average molecular weight is 192 g/mol. The molecule has 0 amide bonds. The zero-order valence-corrected chi connectivity index (χ0v) is 9.05. The maximum Gasteiger partial charge on any atom is 0.138 e. The summed E-state index contributed by atoms with van der Waals surface area (Å²) in [5, 5.41) is 10.2. The Morgan fingerprint density at radius 3 is 2.43 bits per heavy atom. The first-order valence-corrected chi connectivity index (χ1v) is 4.67. The summed E-state index contributed by atoms with van der Waals surface area (Å²) in [5.74, 6) is 1.86. The lowest BCUT2D eigenvalue weighted by Crippen LogP contribution is -2.08. The predicted molar refractivity (Wildman–Crippen MR) is 58.3 cm³/mol. The van der Waals surface area contributed by atoms with Gasteiger partial charge >= 0.3 is 0 Å². The summed E-state index contributed by atoms with van der Waals surface area (Å²) < 4.78 is 0. The third kappa shape index (κ3) is 1.89. The Bertz CT molecular complexity index is 344. The van der Waals surface area contributed by atoms with Gasteiger partial charge in [0.15, 0.2) is 0 Å². The van der Waals surface area contributed by atoms with Crippen LogP contribution in [0.1, 0.15) is 36.8 Å². The van der Waals surface area contributed by atoms with Gasteiger partial charge in [-0.1, -0.05) is 13.8 Å². The fourth-order valence-corrected chi connectivity index (χ4v) is 1.22. The van der Waals surface area contributed by atoms with Crippen LogP contribution in [0.15, 0.2) is 0 Å². The number of nitrogens with zero attached hydrogens (tertiary/aromatic N) is 2. The van der Waals surface area contributed by atoms with E-state index in [4.69, 9.17) is 5.41 Å². The van der Waals surface area contributed by atoms with Gasteiger partial charge in [0.05, 0.1) is 11.3 Å². The van der Waals surface area contributed by atoms with Crippen LogP contribution in [-0.2, 0) is 0 Å². The third-order valence-electron chi connectivity index (χ3n) is 2.05. The summed E-state index contributed by atoms with van der Waals surface area (Å²) in [4.78, 5) is 8.70. The Morgan fingerprint density at radius 1 is 1.36 bits per heavy atom. The minimum absolute atomic E-state index is 0.306. The molecule has 1 heterocycles. The highest BCUT2D eigenvalue weighted by molar-refractivity contribution is 5.85. The Labute approximate surface area is 84.3 Å². The van der Waals surface area contributed by atoms with Gasteiger partial charge in [0, 0.05) is 19.2 Å². The smallest absolute Gasteiger partial charge is 0.138 e. The van der Waals surface area contributed by atoms with Crippen LogP contribution in [0.4, 0.5) is 5.82 Å². The molecule has 0 radical (unpaired) electrons. The summed E-state index contributed by atoms with van der Waals surface area (Å²) >= 11 is 0. The lowest BCUT2D eigenvalue weighted by molar-refractivity contribution is 0.767. The van der Waals surface area contributed by atoms with Crippen LogP contribution in [0, 0.1) is 12.3 Å². The van der Waals surface area contributed by atoms with E-state index in [0.29, 0.717) is 5.92 Å². The van der Waals surface area contributed by atoms with Crippen molar-refractivity contribution in [1.29, 1.82) is 5.41 Å². The quantitative estimate of drug-likeness (QED) is 0.719. The summed E-state index contributed by atoms with van der Waals surface area (Å²) in [6, 6.07) is 0. The first kappa shape index (κ1) is 10.6. The Kier molecular flexibility index (Phi) is 3.17. The van der Waals surface area contributed by atoms with Crippen molar-refractivity contribution >= 4 is 12.0 Å². The molecular formula is C10H16N4. The maximum atomic E-state index is 7.26. The highest BCUT2D eigenvalue weighted by Gasteiger charge is 2.10. The van der Waals surface area contributed by atoms with Crippen LogP contribution in [0.25, 0.3) is 0 Å². The van der Waals surface area contributed by atoms with Gasteiger partial charge in [0.2, 0.25) is 0 Å². The minimum Gasteiger partial charge on any atom is -0.372 e. The van der Waals surface area contributed by atoms with Gasteiger partial charge in [0.1, 0.15) is 11.6 Å². The van der Waals surface area contributed by atoms with Gasteiger partial charge in [-0.05, 0) is 6.92 Å². The highest BCUT2D eigenvalue weighted by Crippen LogP contribution is 2.17. The average Bonchev–Trinajstić information content (AvgIpc) is 2.16. The Morgan fingerprint density at radius 2 is 2.00 bits per heavy atom. The molecule has 0 aliphatic carbocycles. The van der Waals surface area contributed by atoms with E-state index in [2.05, 4.69) is 29.1 Å². The molecule has 0 atom stereocenters. The second-order valence-corrected chi connectivity index (χ2v) is 3.48. The summed E-state index contributed by atoms with van der Waals surface area (Å²) in [5.41, 5.74) is 1.61. The number of hydrogen-bond acceptors (Lipinski definition) is 4. The lowest BCUT2D eigenvalue weighted by Gasteiger charge is -2.11. The van der Waals surface area contributed by atoms with E-state index in [1.54, 1.807) is 7.05 Å². The third-order valence-corrected chi connectivity index (χ3v) is 2.05. The Hall–Kier alpha value is -1.45. The van der Waals surface area contributed by atoms with E-state index >= 15 is 0 Å². The molecule has 76 valence electrons. The number of rotatable bonds is 3. The number of aryl methyl sites for hydroxylation is 1. The van der Waals surface area contributed by atoms with Crippen LogP contribution < -0.4 is 5.32 Å². The molecule has 0 saturated heterocycles. The van der Waals surface area contributed by atoms with Crippen LogP contribution in [0.5, 0.6) is 0 Å². The second-order valence-electron chi connectivity index (χ2n) is 3.48. The van der Waals surface area contributed by atoms with Gasteiger partial charge < -0.3 is 10.7 Å². The topological polar surface area (TPSA) is 61.7 Å². The van der Waals surface area contributed by atoms with Crippen LogP contribution in [-0.4, -0.2) is 23.2 Å². The predicted octanol–water partition coefficient (Wildman–Crippen LogP) is 1.95. The van der Waals surface area contributed by atoms with Crippen LogP contribution in [0.3, 0.4) is 0 Å². The van der Waals surface area contributed by atoms with Gasteiger partial charge in [-0.25, -0.2) is 9.97 Å². The summed E-state index contributed by atoms with van der Waals surface area (Å²) in [6.45, 7) is 6.01. The number of aromatic nitrogens is 2. The fourth-order valence-electron chi connectivity index (χ4n) is 1.22. The normalized spacial score (nSPS) is 10.4. The van der Waals surface area contributed by atoms with Crippen molar-refractivity contribution in [2.45, 2.75) is 26.7 Å². The SMILES string of the molecule is CNc1nc(C(C)C)nc(C)c1C=N. The number of hydrogen-bond donors (Lipinski definition) is 2. The van der Waals surface area contributed by atoms with Crippen LogP contribution >= 0.6 is 0 Å². The Balaban J connectivity index is 3.31. The molecule has 0 aliphatic heterocycles. The number of nitrogens with one attached hydrogen (secondary N) is 2. The molecule has 1 aromatic rings. The van der Waals surface area contributed by atoms with Gasteiger partial charge in [-0.2, -0.15) is 0 Å². The largest absolute Gasteiger partial charge is 0.372 e. The molecule has 1 aromatic heterocycles. The monoisotopic (exact) mass is 192 g/mol. The van der Waals surface area contributed by atoms with Crippen molar-refractivity contribution in [3.63, 3.8) is 0 Å². The highest BCUT2D eigenvalue weighted by atomic mass is 15.0. The summed E-state index contributed by atoms with van der Waals surface area (Å²) in [6.07, 6.45) is 1.28. The van der Waals surface area contributed by atoms with Crippen molar-refractivity contribution in [2.75, 3.05) is 12.4 Å². The molecule has 0 bridgehead atoms.